The molecule has 0 bridgehead atoms. The molecule has 0 saturated carbocycles. The summed E-state index contributed by atoms with van der Waals surface area (Å²) in [6.07, 6.45) is 3.36. The zero-order chi connectivity index (χ0) is 12.7. The van der Waals surface area contributed by atoms with Crippen LogP contribution in [0.1, 0.15) is 32.3 Å². The van der Waals surface area contributed by atoms with Gasteiger partial charge in [0.2, 0.25) is 0 Å². The molecule has 0 radical (unpaired) electrons. The highest BCUT2D eigenvalue weighted by atomic mass is 35.5. The molecule has 3 nitrogen and oxygen atoms in total. The second-order valence-electron chi connectivity index (χ2n) is 3.97. The van der Waals surface area contributed by atoms with E-state index in [2.05, 4.69) is 5.16 Å². The van der Waals surface area contributed by atoms with E-state index in [1.165, 1.54) is 0 Å². The summed E-state index contributed by atoms with van der Waals surface area (Å²) in [5.74, 6) is 0. The molecule has 4 heteroatoms. The second kappa shape index (κ2) is 6.62. The number of hydrogen-bond acceptors (Lipinski definition) is 3. The fourth-order valence-electron chi connectivity index (χ4n) is 1.45. The Hall–Kier alpha value is -1.06. The summed E-state index contributed by atoms with van der Waals surface area (Å²) in [7, 11) is 0. The van der Waals surface area contributed by atoms with Crippen molar-refractivity contribution in [3.63, 3.8) is 0 Å². The minimum Gasteiger partial charge on any atom is -0.388 e. The monoisotopic (exact) mass is 254 g/mol. The molecule has 1 aromatic rings. The lowest BCUT2D eigenvalue weighted by Gasteiger charge is -2.26. The number of nitrogens with zero attached hydrogens (tertiary/aromatic N) is 1. The van der Waals surface area contributed by atoms with Gasteiger partial charge in [0, 0.05) is 11.6 Å². The van der Waals surface area contributed by atoms with Crippen molar-refractivity contribution in [1.82, 2.24) is 0 Å². The van der Waals surface area contributed by atoms with Crippen molar-refractivity contribution in [3.8, 4) is 0 Å². The number of hydrogen-bond donors (Lipinski definition) is 1. The zero-order valence-corrected chi connectivity index (χ0v) is 11.1. The van der Waals surface area contributed by atoms with Crippen LogP contribution in [0.15, 0.2) is 29.4 Å². The van der Waals surface area contributed by atoms with E-state index < -0.39 is 0 Å². The molecule has 0 saturated heterocycles. The Kier molecular flexibility index (Phi) is 5.45. The van der Waals surface area contributed by atoms with Gasteiger partial charge < -0.3 is 10.6 Å². The van der Waals surface area contributed by atoms with Gasteiger partial charge in [-0.15, -0.1) is 0 Å². The first-order valence-electron chi connectivity index (χ1n) is 5.83. The van der Waals surface area contributed by atoms with Crippen LogP contribution in [0, 0.1) is 0 Å². The predicted octanol–water partition coefficient (Wildman–Crippen LogP) is 3.21. The van der Waals surface area contributed by atoms with Gasteiger partial charge >= 0.3 is 0 Å². The van der Waals surface area contributed by atoms with Gasteiger partial charge in [-0.1, -0.05) is 42.7 Å². The van der Waals surface area contributed by atoms with Crippen LogP contribution in [0.4, 0.5) is 0 Å². The van der Waals surface area contributed by atoms with Gasteiger partial charge in [-0.2, -0.15) is 0 Å². The average molecular weight is 255 g/mol. The lowest BCUT2D eigenvalue weighted by molar-refractivity contribution is -0.0410. The summed E-state index contributed by atoms with van der Waals surface area (Å²) >= 11 is 5.79. The van der Waals surface area contributed by atoms with Crippen molar-refractivity contribution in [3.05, 3.63) is 34.9 Å². The van der Waals surface area contributed by atoms with E-state index in [0.29, 0.717) is 11.6 Å². The lowest BCUT2D eigenvalue weighted by atomic mass is 9.98. The van der Waals surface area contributed by atoms with E-state index in [0.717, 1.165) is 18.4 Å². The van der Waals surface area contributed by atoms with Crippen LogP contribution in [0.25, 0.3) is 0 Å². The van der Waals surface area contributed by atoms with Crippen molar-refractivity contribution in [1.29, 1.82) is 0 Å². The molecule has 0 unspecified atom stereocenters. The molecule has 0 heterocycles. The quantitative estimate of drug-likeness (QED) is 0.626. The molecule has 0 aliphatic carbocycles. The highest BCUT2D eigenvalue weighted by molar-refractivity contribution is 6.30. The van der Waals surface area contributed by atoms with Crippen molar-refractivity contribution >= 4 is 17.8 Å². The van der Waals surface area contributed by atoms with E-state index in [1.54, 1.807) is 6.21 Å². The predicted molar refractivity (Wildman–Crippen MR) is 72.5 cm³/mol. The first-order valence-corrected chi connectivity index (χ1v) is 6.21. The first-order chi connectivity index (χ1) is 8.15. The summed E-state index contributed by atoms with van der Waals surface area (Å²) in [4.78, 5) is 5.52. The van der Waals surface area contributed by atoms with E-state index in [1.807, 2.05) is 38.1 Å². The van der Waals surface area contributed by atoms with Crippen LogP contribution in [0.2, 0.25) is 5.02 Å². The Balaban J connectivity index is 2.62. The minimum absolute atomic E-state index is 0.344. The summed E-state index contributed by atoms with van der Waals surface area (Å²) in [5, 5.41) is 4.72. The molecule has 17 heavy (non-hydrogen) atoms. The molecule has 1 rings (SSSR count). The lowest BCUT2D eigenvalue weighted by Crippen LogP contribution is -2.38. The van der Waals surface area contributed by atoms with E-state index >= 15 is 0 Å². The number of rotatable bonds is 6. The van der Waals surface area contributed by atoms with Crippen molar-refractivity contribution < 1.29 is 4.84 Å². The molecule has 0 fully saturated rings. The molecule has 2 N–H and O–H groups in total. The van der Waals surface area contributed by atoms with Crippen LogP contribution in [0.5, 0.6) is 0 Å². The van der Waals surface area contributed by atoms with Crippen LogP contribution >= 0.6 is 11.6 Å². The third-order valence-electron chi connectivity index (χ3n) is 2.98. The van der Waals surface area contributed by atoms with Crippen molar-refractivity contribution in [2.45, 2.75) is 32.3 Å². The number of benzene rings is 1. The fourth-order valence-corrected chi connectivity index (χ4v) is 1.58. The molecule has 0 aliphatic heterocycles. The maximum absolute atomic E-state index is 5.79. The van der Waals surface area contributed by atoms with E-state index in [9.17, 15) is 0 Å². The fraction of sp³-hybridized carbons (Fsp3) is 0.462. The van der Waals surface area contributed by atoms with Gasteiger partial charge in [0.1, 0.15) is 5.60 Å². The van der Waals surface area contributed by atoms with Gasteiger partial charge in [0.25, 0.3) is 0 Å². The van der Waals surface area contributed by atoms with Crippen LogP contribution in [0.3, 0.4) is 0 Å². The number of oxime groups is 1. The van der Waals surface area contributed by atoms with Crippen LogP contribution < -0.4 is 5.73 Å². The van der Waals surface area contributed by atoms with Gasteiger partial charge in [-0.05, 0) is 30.5 Å². The summed E-state index contributed by atoms with van der Waals surface area (Å²) < 4.78 is 0. The molecule has 94 valence electrons. The normalized spacial score (nSPS) is 12.0. The number of halogens is 1. The Morgan fingerprint density at radius 1 is 1.29 bits per heavy atom. The molecule has 0 atom stereocenters. The topological polar surface area (TPSA) is 47.6 Å². The minimum atomic E-state index is -0.344. The Labute approximate surface area is 108 Å². The van der Waals surface area contributed by atoms with Gasteiger partial charge in [0.15, 0.2) is 0 Å². The molecule has 0 amide bonds. The molecule has 0 aliphatic rings. The molecule has 0 aromatic heterocycles. The molecule has 1 aromatic carbocycles. The van der Waals surface area contributed by atoms with Crippen LogP contribution in [-0.4, -0.2) is 18.4 Å². The van der Waals surface area contributed by atoms with Gasteiger partial charge in [-0.25, -0.2) is 0 Å². The van der Waals surface area contributed by atoms with Crippen molar-refractivity contribution in [2.24, 2.45) is 10.9 Å². The molecular weight excluding hydrogens is 236 g/mol. The first kappa shape index (κ1) is 14.0. The standard InChI is InChI=1S/C13H19ClN2O/c1-3-13(4-2,10-15)17-16-9-11-5-7-12(14)8-6-11/h5-9H,3-4,10,15H2,1-2H3/b16-9+. The highest BCUT2D eigenvalue weighted by Crippen LogP contribution is 2.19. The average Bonchev–Trinajstić information content (AvgIpc) is 2.38. The summed E-state index contributed by atoms with van der Waals surface area (Å²) in [5.41, 5.74) is 6.32. The Morgan fingerprint density at radius 2 is 1.88 bits per heavy atom. The summed E-state index contributed by atoms with van der Waals surface area (Å²) in [6.45, 7) is 4.57. The van der Waals surface area contributed by atoms with Gasteiger partial charge in [0.05, 0.1) is 6.21 Å². The van der Waals surface area contributed by atoms with Crippen LogP contribution in [-0.2, 0) is 4.84 Å². The second-order valence-corrected chi connectivity index (χ2v) is 4.41. The zero-order valence-electron chi connectivity index (χ0n) is 10.3. The largest absolute Gasteiger partial charge is 0.388 e. The van der Waals surface area contributed by atoms with Gasteiger partial charge in [-0.3, -0.25) is 0 Å². The van der Waals surface area contributed by atoms with E-state index in [4.69, 9.17) is 22.2 Å². The van der Waals surface area contributed by atoms with E-state index in [-0.39, 0.29) is 5.60 Å². The third-order valence-corrected chi connectivity index (χ3v) is 3.23. The number of nitrogens with two attached hydrogens (primary N) is 1. The SMILES string of the molecule is CCC(CC)(CN)O/N=C/c1ccc(Cl)cc1. The Morgan fingerprint density at radius 3 is 2.35 bits per heavy atom. The molecular formula is C13H19ClN2O. The van der Waals surface area contributed by atoms with Crippen molar-refractivity contribution in [2.75, 3.05) is 6.54 Å². The smallest absolute Gasteiger partial charge is 0.149 e. The maximum atomic E-state index is 5.79. The third kappa shape index (κ3) is 4.02. The highest BCUT2D eigenvalue weighted by Gasteiger charge is 2.26. The summed E-state index contributed by atoms with van der Waals surface area (Å²) in [6, 6.07) is 7.41. The Bertz CT molecular complexity index is 350. The molecule has 0 spiro atoms. The maximum Gasteiger partial charge on any atom is 0.149 e.